The van der Waals surface area contributed by atoms with Crippen LogP contribution in [-0.2, 0) is 15.5 Å². The van der Waals surface area contributed by atoms with Crippen molar-refractivity contribution in [2.24, 2.45) is 0 Å². The van der Waals surface area contributed by atoms with Gasteiger partial charge in [-0.3, -0.25) is 9.36 Å². The highest BCUT2D eigenvalue weighted by Crippen LogP contribution is 2.44. The molecule has 3 aromatic carbocycles. The van der Waals surface area contributed by atoms with Crippen LogP contribution in [-0.4, -0.2) is 12.4 Å². The molecular weight excluding hydrogens is 343 g/mol. The van der Waals surface area contributed by atoms with E-state index >= 15 is 0 Å². The van der Waals surface area contributed by atoms with Crippen LogP contribution in [0.4, 0.5) is 0 Å². The van der Waals surface area contributed by atoms with E-state index in [0.29, 0.717) is 16.2 Å². The van der Waals surface area contributed by atoms with Gasteiger partial charge in [-0.25, -0.2) is 0 Å². The molecule has 0 bridgehead atoms. The van der Waals surface area contributed by atoms with E-state index in [1.807, 2.05) is 48.5 Å². The fraction of sp³-hybridized carbons (Fsp3) is 0.136. The molecule has 0 aliphatic carbocycles. The SMILES string of the molecule is CCc1ccc(C(=O)COP(=O)(c2ccccc2)c2ccccc2)cc1. The molecule has 0 amide bonds. The van der Waals surface area contributed by atoms with Crippen LogP contribution in [0, 0.1) is 0 Å². The van der Waals surface area contributed by atoms with E-state index < -0.39 is 7.37 Å². The van der Waals surface area contributed by atoms with Gasteiger partial charge < -0.3 is 4.52 Å². The Bertz CT molecular complexity index is 860. The quantitative estimate of drug-likeness (QED) is 0.462. The molecule has 0 saturated heterocycles. The summed E-state index contributed by atoms with van der Waals surface area (Å²) in [7, 11) is -3.33. The average Bonchev–Trinajstić information content (AvgIpc) is 2.73. The van der Waals surface area contributed by atoms with Gasteiger partial charge in [-0.15, -0.1) is 0 Å². The molecule has 0 radical (unpaired) electrons. The second-order valence-electron chi connectivity index (χ2n) is 5.97. The number of carbonyl (C=O) groups is 1. The van der Waals surface area contributed by atoms with Gasteiger partial charge in [0.2, 0.25) is 0 Å². The Morgan fingerprint density at radius 1 is 0.808 bits per heavy atom. The Morgan fingerprint density at radius 3 is 1.77 bits per heavy atom. The van der Waals surface area contributed by atoms with Crippen molar-refractivity contribution >= 4 is 23.8 Å². The molecule has 0 aliphatic rings. The van der Waals surface area contributed by atoms with Crippen molar-refractivity contribution in [1.82, 2.24) is 0 Å². The van der Waals surface area contributed by atoms with E-state index in [2.05, 4.69) is 6.92 Å². The molecule has 0 N–H and O–H groups in total. The van der Waals surface area contributed by atoms with Crippen LogP contribution in [0.15, 0.2) is 84.9 Å². The third-order valence-electron chi connectivity index (χ3n) is 4.25. The summed E-state index contributed by atoms with van der Waals surface area (Å²) in [6.07, 6.45) is 0.919. The maximum Gasteiger partial charge on any atom is 0.261 e. The zero-order valence-electron chi connectivity index (χ0n) is 14.7. The molecule has 0 heterocycles. The minimum absolute atomic E-state index is 0.181. The average molecular weight is 364 g/mol. The lowest BCUT2D eigenvalue weighted by Crippen LogP contribution is -2.20. The highest BCUT2D eigenvalue weighted by atomic mass is 31.2. The standard InChI is InChI=1S/C22H21O3P/c1-2-18-13-15-19(16-14-18)22(23)17-25-26(24,20-9-5-3-6-10-20)21-11-7-4-8-12-21/h3-16H,2,17H2,1H3. The van der Waals surface area contributed by atoms with E-state index in [1.54, 1.807) is 36.4 Å². The smallest absolute Gasteiger partial charge is 0.261 e. The first-order valence-electron chi connectivity index (χ1n) is 8.61. The van der Waals surface area contributed by atoms with Gasteiger partial charge >= 0.3 is 0 Å². The molecule has 3 nitrogen and oxygen atoms in total. The van der Waals surface area contributed by atoms with Crippen molar-refractivity contribution < 1.29 is 13.9 Å². The summed E-state index contributed by atoms with van der Waals surface area (Å²) in [5.41, 5.74) is 1.73. The molecule has 132 valence electrons. The molecule has 0 fully saturated rings. The number of hydrogen-bond donors (Lipinski definition) is 0. The fourth-order valence-electron chi connectivity index (χ4n) is 2.71. The van der Waals surface area contributed by atoms with Crippen molar-refractivity contribution in [2.45, 2.75) is 13.3 Å². The first-order valence-corrected chi connectivity index (χ1v) is 10.2. The van der Waals surface area contributed by atoms with Crippen LogP contribution < -0.4 is 10.6 Å². The van der Waals surface area contributed by atoms with E-state index in [1.165, 1.54) is 5.56 Å². The molecule has 0 aromatic heterocycles. The summed E-state index contributed by atoms with van der Waals surface area (Å²) in [6, 6.07) is 25.5. The molecule has 0 saturated carbocycles. The maximum absolute atomic E-state index is 13.7. The lowest BCUT2D eigenvalue weighted by Gasteiger charge is -2.19. The summed E-state index contributed by atoms with van der Waals surface area (Å²) in [6.45, 7) is 1.84. The van der Waals surface area contributed by atoms with Gasteiger partial charge in [0, 0.05) is 16.2 Å². The first-order chi connectivity index (χ1) is 12.6. The molecule has 26 heavy (non-hydrogen) atoms. The Kier molecular flexibility index (Phi) is 5.82. The second kappa shape index (κ2) is 8.27. The number of benzene rings is 3. The predicted molar refractivity (Wildman–Crippen MR) is 106 cm³/mol. The first kappa shape index (κ1) is 18.3. The molecule has 0 spiro atoms. The van der Waals surface area contributed by atoms with Crippen LogP contribution >= 0.6 is 7.37 Å². The van der Waals surface area contributed by atoms with Crippen molar-refractivity contribution in [3.63, 3.8) is 0 Å². The normalized spacial score (nSPS) is 11.3. The Balaban J connectivity index is 1.85. The van der Waals surface area contributed by atoms with Gasteiger partial charge in [0.25, 0.3) is 7.37 Å². The van der Waals surface area contributed by atoms with Crippen LogP contribution in [0.2, 0.25) is 0 Å². The van der Waals surface area contributed by atoms with E-state index in [0.717, 1.165) is 6.42 Å². The highest BCUT2D eigenvalue weighted by molar-refractivity contribution is 7.74. The monoisotopic (exact) mass is 364 g/mol. The Labute approximate surface area is 154 Å². The topological polar surface area (TPSA) is 43.4 Å². The third-order valence-corrected chi connectivity index (χ3v) is 6.70. The van der Waals surface area contributed by atoms with Gasteiger partial charge in [-0.05, 0) is 36.2 Å². The van der Waals surface area contributed by atoms with E-state index in [-0.39, 0.29) is 12.4 Å². The van der Waals surface area contributed by atoms with Gasteiger partial charge in [0.1, 0.15) is 6.61 Å². The minimum Gasteiger partial charge on any atom is -0.314 e. The van der Waals surface area contributed by atoms with Gasteiger partial charge in [0.15, 0.2) is 5.78 Å². The summed E-state index contributed by atoms with van der Waals surface area (Å²) in [5, 5.41) is 1.17. The van der Waals surface area contributed by atoms with E-state index in [9.17, 15) is 9.36 Å². The molecular formula is C22H21O3P. The van der Waals surface area contributed by atoms with Crippen molar-refractivity contribution in [2.75, 3.05) is 6.61 Å². The van der Waals surface area contributed by atoms with Gasteiger partial charge in [-0.1, -0.05) is 67.6 Å². The lowest BCUT2D eigenvalue weighted by atomic mass is 10.1. The van der Waals surface area contributed by atoms with Crippen molar-refractivity contribution in [3.8, 4) is 0 Å². The number of aryl methyl sites for hydroxylation is 1. The molecule has 0 aliphatic heterocycles. The van der Waals surface area contributed by atoms with Crippen LogP contribution in [0.3, 0.4) is 0 Å². The molecule has 3 aromatic rings. The van der Waals surface area contributed by atoms with Crippen LogP contribution in [0.5, 0.6) is 0 Å². The van der Waals surface area contributed by atoms with Gasteiger partial charge in [0.05, 0.1) is 0 Å². The van der Waals surface area contributed by atoms with Crippen LogP contribution in [0.25, 0.3) is 0 Å². The fourth-order valence-corrected chi connectivity index (χ4v) is 4.73. The number of hydrogen-bond acceptors (Lipinski definition) is 3. The van der Waals surface area contributed by atoms with Crippen molar-refractivity contribution in [1.29, 1.82) is 0 Å². The van der Waals surface area contributed by atoms with Crippen molar-refractivity contribution in [3.05, 3.63) is 96.1 Å². The minimum atomic E-state index is -3.33. The summed E-state index contributed by atoms with van der Waals surface area (Å²) in [4.78, 5) is 12.5. The molecule has 4 heteroatoms. The van der Waals surface area contributed by atoms with Gasteiger partial charge in [-0.2, -0.15) is 0 Å². The number of carbonyl (C=O) groups excluding carboxylic acids is 1. The third kappa shape index (κ3) is 4.01. The molecule has 0 unspecified atom stereocenters. The Hall–Kier alpha value is -2.48. The highest BCUT2D eigenvalue weighted by Gasteiger charge is 2.29. The zero-order chi connectivity index (χ0) is 18.4. The maximum atomic E-state index is 13.7. The zero-order valence-corrected chi connectivity index (χ0v) is 15.6. The largest absolute Gasteiger partial charge is 0.314 e. The summed E-state index contributed by atoms with van der Waals surface area (Å²) in [5.74, 6) is -0.181. The molecule has 3 rings (SSSR count). The number of rotatable bonds is 7. The van der Waals surface area contributed by atoms with Crippen LogP contribution in [0.1, 0.15) is 22.8 Å². The second-order valence-corrected chi connectivity index (χ2v) is 8.36. The molecule has 0 atom stereocenters. The lowest BCUT2D eigenvalue weighted by molar-refractivity contribution is 0.0925. The van der Waals surface area contributed by atoms with E-state index in [4.69, 9.17) is 4.52 Å². The Morgan fingerprint density at radius 2 is 1.31 bits per heavy atom. The number of ketones is 1. The number of Topliss-reactive ketones (excluding diaryl/α,β-unsaturated/α-hetero) is 1. The summed E-state index contributed by atoms with van der Waals surface area (Å²) < 4.78 is 19.5. The predicted octanol–water partition coefficient (Wildman–Crippen LogP) is 4.38. The summed E-state index contributed by atoms with van der Waals surface area (Å²) >= 11 is 0.